The molecule has 1 aliphatic heterocycles. The van der Waals surface area contributed by atoms with Crippen LogP contribution >= 0.6 is 0 Å². The monoisotopic (exact) mass is 359 g/mol. The van der Waals surface area contributed by atoms with Crippen molar-refractivity contribution in [2.75, 3.05) is 32.1 Å². The predicted molar refractivity (Wildman–Crippen MR) is 98.5 cm³/mol. The van der Waals surface area contributed by atoms with E-state index in [2.05, 4.69) is 25.9 Å². The van der Waals surface area contributed by atoms with Crippen LogP contribution < -0.4 is 20.7 Å². The minimum absolute atomic E-state index is 0.121. The summed E-state index contributed by atoms with van der Waals surface area (Å²) in [4.78, 5) is 19.0. The molecule has 140 valence electrons. The highest BCUT2D eigenvalue weighted by molar-refractivity contribution is 5.67. The van der Waals surface area contributed by atoms with Crippen LogP contribution in [0.25, 0.3) is 0 Å². The van der Waals surface area contributed by atoms with Crippen molar-refractivity contribution in [1.29, 1.82) is 0 Å². The molecule has 1 fully saturated rings. The zero-order valence-corrected chi connectivity index (χ0v) is 14.8. The van der Waals surface area contributed by atoms with Gasteiger partial charge in [0.2, 0.25) is 0 Å². The average molecular weight is 359 g/mol. The Labute approximate surface area is 152 Å². The molecule has 0 spiro atoms. The number of aromatic nitrogens is 2. The van der Waals surface area contributed by atoms with E-state index >= 15 is 0 Å². The molecule has 1 amide bonds. The maximum atomic E-state index is 12.0. The van der Waals surface area contributed by atoms with E-state index in [0.29, 0.717) is 19.0 Å². The number of nitrogens with zero attached hydrogens (tertiary/aromatic N) is 1. The molecule has 1 aliphatic rings. The number of imidazole rings is 1. The van der Waals surface area contributed by atoms with E-state index in [-0.39, 0.29) is 18.2 Å². The van der Waals surface area contributed by atoms with E-state index in [1.807, 2.05) is 24.3 Å². The van der Waals surface area contributed by atoms with E-state index < -0.39 is 0 Å². The smallest absolute Gasteiger partial charge is 0.407 e. The Kier molecular flexibility index (Phi) is 6.32. The third kappa shape index (κ3) is 5.13. The van der Waals surface area contributed by atoms with Crippen molar-refractivity contribution in [3.05, 3.63) is 42.2 Å². The third-order valence-electron chi connectivity index (χ3n) is 4.34. The molecule has 3 rings (SSSR count). The van der Waals surface area contributed by atoms with Gasteiger partial charge in [-0.3, -0.25) is 0 Å². The molecular formula is C18H25N5O3. The lowest BCUT2D eigenvalue weighted by atomic mass is 10.0. The summed E-state index contributed by atoms with van der Waals surface area (Å²) in [5.41, 5.74) is 1.18. The number of benzene rings is 1. The van der Waals surface area contributed by atoms with Gasteiger partial charge in [-0.2, -0.15) is 0 Å². The van der Waals surface area contributed by atoms with E-state index in [1.54, 1.807) is 19.5 Å². The highest BCUT2D eigenvalue weighted by Crippen LogP contribution is 2.18. The molecule has 0 aliphatic carbocycles. The van der Waals surface area contributed by atoms with Gasteiger partial charge in [-0.25, -0.2) is 9.78 Å². The van der Waals surface area contributed by atoms with E-state index in [1.165, 1.54) is 5.56 Å². The summed E-state index contributed by atoms with van der Waals surface area (Å²) in [5.74, 6) is 1.52. The SMILES string of the molecule is COc1ccc(C[C@H]2NCC[C@H]2OC(=O)NCCNc2ncc[nH]2)cc1. The summed E-state index contributed by atoms with van der Waals surface area (Å²) in [6, 6.07) is 8.08. The fourth-order valence-electron chi connectivity index (χ4n) is 2.99. The number of methoxy groups -OCH3 is 1. The van der Waals surface area contributed by atoms with Crippen molar-refractivity contribution in [2.45, 2.75) is 25.0 Å². The van der Waals surface area contributed by atoms with Crippen LogP contribution in [0.5, 0.6) is 5.75 Å². The quantitative estimate of drug-likeness (QED) is 0.534. The fourth-order valence-corrected chi connectivity index (χ4v) is 2.99. The summed E-state index contributed by atoms with van der Waals surface area (Å²) < 4.78 is 10.8. The van der Waals surface area contributed by atoms with Crippen LogP contribution in [0.15, 0.2) is 36.7 Å². The number of hydrogen-bond donors (Lipinski definition) is 4. The number of ether oxygens (including phenoxy) is 2. The minimum atomic E-state index is -0.389. The number of nitrogens with one attached hydrogen (secondary N) is 4. The van der Waals surface area contributed by atoms with Crippen molar-refractivity contribution < 1.29 is 14.3 Å². The predicted octanol–water partition coefficient (Wildman–Crippen LogP) is 1.53. The topological polar surface area (TPSA) is 100 Å². The maximum absolute atomic E-state index is 12.0. The van der Waals surface area contributed by atoms with Gasteiger partial charge < -0.3 is 30.4 Å². The van der Waals surface area contributed by atoms with Crippen LogP contribution in [0, 0.1) is 0 Å². The first-order valence-electron chi connectivity index (χ1n) is 8.78. The van der Waals surface area contributed by atoms with E-state index in [0.717, 1.165) is 25.1 Å². The second kappa shape index (κ2) is 9.10. The number of alkyl carbamates (subject to hydrolysis) is 1. The van der Waals surface area contributed by atoms with Gasteiger partial charge in [0.1, 0.15) is 11.9 Å². The Morgan fingerprint density at radius 1 is 1.31 bits per heavy atom. The highest BCUT2D eigenvalue weighted by Gasteiger charge is 2.30. The van der Waals surface area contributed by atoms with Crippen LogP contribution in [0.4, 0.5) is 10.7 Å². The van der Waals surface area contributed by atoms with Gasteiger partial charge in [-0.1, -0.05) is 12.1 Å². The molecule has 2 atom stereocenters. The van der Waals surface area contributed by atoms with Gasteiger partial charge >= 0.3 is 6.09 Å². The number of carbonyl (C=O) groups is 1. The molecule has 8 heteroatoms. The number of amides is 1. The minimum Gasteiger partial charge on any atom is -0.497 e. The lowest BCUT2D eigenvalue weighted by molar-refractivity contribution is 0.0903. The van der Waals surface area contributed by atoms with Gasteiger partial charge in [-0.15, -0.1) is 0 Å². The molecule has 0 saturated carbocycles. The maximum Gasteiger partial charge on any atom is 0.407 e. The fraction of sp³-hybridized carbons (Fsp3) is 0.444. The molecule has 2 heterocycles. The number of rotatable bonds is 8. The summed E-state index contributed by atoms with van der Waals surface area (Å²) in [6.45, 7) is 1.88. The largest absolute Gasteiger partial charge is 0.497 e. The molecule has 0 bridgehead atoms. The average Bonchev–Trinajstić information content (AvgIpc) is 3.32. The molecule has 1 aromatic heterocycles. The van der Waals surface area contributed by atoms with Crippen LogP contribution in [-0.2, 0) is 11.2 Å². The lowest BCUT2D eigenvalue weighted by Crippen LogP contribution is -2.39. The van der Waals surface area contributed by atoms with Gasteiger partial charge in [-0.05, 0) is 37.1 Å². The third-order valence-corrected chi connectivity index (χ3v) is 4.34. The Morgan fingerprint density at radius 3 is 2.88 bits per heavy atom. The van der Waals surface area contributed by atoms with E-state index in [4.69, 9.17) is 9.47 Å². The van der Waals surface area contributed by atoms with Crippen LogP contribution in [0.1, 0.15) is 12.0 Å². The zero-order valence-electron chi connectivity index (χ0n) is 14.8. The molecule has 1 saturated heterocycles. The van der Waals surface area contributed by atoms with Gasteiger partial charge in [0.05, 0.1) is 7.11 Å². The molecule has 0 unspecified atom stereocenters. The Hall–Kier alpha value is -2.74. The summed E-state index contributed by atoms with van der Waals surface area (Å²) in [7, 11) is 1.65. The van der Waals surface area contributed by atoms with Crippen molar-refractivity contribution in [3.63, 3.8) is 0 Å². The first-order valence-corrected chi connectivity index (χ1v) is 8.78. The molecule has 1 aromatic carbocycles. The highest BCUT2D eigenvalue weighted by atomic mass is 16.6. The molecule has 2 aromatic rings. The molecule has 26 heavy (non-hydrogen) atoms. The van der Waals surface area contributed by atoms with E-state index in [9.17, 15) is 4.79 Å². The Morgan fingerprint density at radius 2 is 2.15 bits per heavy atom. The molecule has 4 N–H and O–H groups in total. The number of anilines is 1. The normalized spacial score (nSPS) is 19.1. The standard InChI is InChI=1S/C18H25N5O3/c1-25-14-4-2-13(3-5-14)12-15-16(6-7-19-15)26-18(24)23-11-10-22-17-20-8-9-21-17/h2-5,8-9,15-16,19H,6-7,10-12H2,1H3,(H,23,24)(H2,20,21,22)/t15-,16-/m1/s1. The molecule has 0 radical (unpaired) electrons. The second-order valence-electron chi connectivity index (χ2n) is 6.14. The molecule has 8 nitrogen and oxygen atoms in total. The lowest BCUT2D eigenvalue weighted by Gasteiger charge is -2.20. The van der Waals surface area contributed by atoms with Crippen LogP contribution in [-0.4, -0.2) is 55.0 Å². The second-order valence-corrected chi connectivity index (χ2v) is 6.14. The summed E-state index contributed by atoms with van der Waals surface area (Å²) in [5, 5.41) is 9.24. The zero-order chi connectivity index (χ0) is 18.2. The number of carbonyl (C=O) groups excluding carboxylic acids is 1. The molecular weight excluding hydrogens is 334 g/mol. The Balaban J connectivity index is 1.40. The van der Waals surface area contributed by atoms with Gasteiger partial charge in [0.15, 0.2) is 5.95 Å². The van der Waals surface area contributed by atoms with Gasteiger partial charge in [0, 0.05) is 31.5 Å². The van der Waals surface area contributed by atoms with Crippen LogP contribution in [0.3, 0.4) is 0 Å². The Bertz CT molecular complexity index is 675. The number of H-pyrrole nitrogens is 1. The van der Waals surface area contributed by atoms with Gasteiger partial charge in [0.25, 0.3) is 0 Å². The van der Waals surface area contributed by atoms with Crippen molar-refractivity contribution in [3.8, 4) is 5.75 Å². The van der Waals surface area contributed by atoms with Crippen LogP contribution in [0.2, 0.25) is 0 Å². The van der Waals surface area contributed by atoms with Crippen molar-refractivity contribution >= 4 is 12.0 Å². The first-order chi connectivity index (χ1) is 12.7. The summed E-state index contributed by atoms with van der Waals surface area (Å²) in [6.07, 6.45) is 4.51. The summed E-state index contributed by atoms with van der Waals surface area (Å²) >= 11 is 0. The van der Waals surface area contributed by atoms with Crippen molar-refractivity contribution in [1.82, 2.24) is 20.6 Å². The first kappa shape index (κ1) is 18.1. The number of aromatic amines is 1. The van der Waals surface area contributed by atoms with Crippen molar-refractivity contribution in [2.24, 2.45) is 0 Å². The number of hydrogen-bond acceptors (Lipinski definition) is 6.